The zero-order valence-electron chi connectivity index (χ0n) is 15.6. The summed E-state index contributed by atoms with van der Waals surface area (Å²) in [6.45, 7) is 0.785. The molecule has 2 aromatic carbocycles. The van der Waals surface area contributed by atoms with Gasteiger partial charge >= 0.3 is 5.97 Å². The van der Waals surface area contributed by atoms with E-state index in [0.29, 0.717) is 32.1 Å². The minimum Gasteiger partial charge on any atom is -0.471 e. The van der Waals surface area contributed by atoms with Crippen LogP contribution in [-0.2, 0) is 24.1 Å². The molecule has 6 nitrogen and oxygen atoms in total. The third kappa shape index (κ3) is 4.73. The smallest absolute Gasteiger partial charge is 0.351 e. The molecule has 9 heteroatoms. The monoisotopic (exact) mass is 426 g/mol. The summed E-state index contributed by atoms with van der Waals surface area (Å²) < 4.78 is 67.8. The molecule has 29 heavy (non-hydrogen) atoms. The van der Waals surface area contributed by atoms with Gasteiger partial charge in [-0.2, -0.15) is 0 Å². The molecule has 1 atom stereocenters. The average Bonchev–Trinajstić information content (AvgIpc) is 2.73. The summed E-state index contributed by atoms with van der Waals surface area (Å²) in [6.07, 6.45) is -0.510. The fourth-order valence-corrected chi connectivity index (χ4v) is 4.78. The second kappa shape index (κ2) is 8.87. The molecule has 156 valence electrons. The SMILES string of the molecule is COC(=O)C(Oc1ccc(F)cc1F)c1ccc(S(=O)(=O)C2CCOCC2)cc1. The van der Waals surface area contributed by atoms with E-state index in [9.17, 15) is 22.0 Å². The molecule has 0 saturated carbocycles. The number of hydrogen-bond acceptors (Lipinski definition) is 6. The summed E-state index contributed by atoms with van der Waals surface area (Å²) in [5.41, 5.74) is 0.270. The number of hydrogen-bond donors (Lipinski definition) is 0. The Bertz CT molecular complexity index is 969. The van der Waals surface area contributed by atoms with E-state index >= 15 is 0 Å². The molecule has 1 heterocycles. The van der Waals surface area contributed by atoms with E-state index in [1.165, 1.54) is 24.3 Å². The highest BCUT2D eigenvalue weighted by molar-refractivity contribution is 7.92. The maximum absolute atomic E-state index is 13.9. The summed E-state index contributed by atoms with van der Waals surface area (Å²) >= 11 is 0. The van der Waals surface area contributed by atoms with Crippen LogP contribution in [0.2, 0.25) is 0 Å². The van der Waals surface area contributed by atoms with Crippen molar-refractivity contribution in [1.29, 1.82) is 0 Å². The van der Waals surface area contributed by atoms with Gasteiger partial charge in [0.2, 0.25) is 6.10 Å². The predicted octanol–water partition coefficient (Wildman–Crippen LogP) is 3.21. The number of rotatable bonds is 6. The van der Waals surface area contributed by atoms with E-state index in [2.05, 4.69) is 0 Å². The van der Waals surface area contributed by atoms with Gasteiger partial charge in [0, 0.05) is 24.8 Å². The molecule has 1 unspecified atom stereocenters. The number of methoxy groups -OCH3 is 1. The molecule has 0 bridgehead atoms. The van der Waals surface area contributed by atoms with Gasteiger partial charge in [-0.15, -0.1) is 0 Å². The van der Waals surface area contributed by atoms with Crippen LogP contribution in [0.1, 0.15) is 24.5 Å². The molecule has 0 aromatic heterocycles. The molecule has 3 rings (SSSR count). The molecule has 2 aromatic rings. The summed E-state index contributed by atoms with van der Waals surface area (Å²) in [4.78, 5) is 12.3. The second-order valence-corrected chi connectivity index (χ2v) is 8.75. The molecule has 0 aliphatic carbocycles. The van der Waals surface area contributed by atoms with E-state index < -0.39 is 38.8 Å². The van der Waals surface area contributed by atoms with Crippen LogP contribution in [0.5, 0.6) is 5.75 Å². The predicted molar refractivity (Wildman–Crippen MR) is 99.2 cm³/mol. The topological polar surface area (TPSA) is 78.9 Å². The molecule has 0 radical (unpaired) electrons. The first-order chi connectivity index (χ1) is 13.8. The molecular weight excluding hydrogens is 406 g/mol. The zero-order chi connectivity index (χ0) is 21.0. The number of carbonyl (C=O) groups excluding carboxylic acids is 1. The highest BCUT2D eigenvalue weighted by atomic mass is 32.2. The molecule has 0 amide bonds. The molecule has 1 fully saturated rings. The number of halogens is 2. The van der Waals surface area contributed by atoms with Gasteiger partial charge in [-0.3, -0.25) is 0 Å². The van der Waals surface area contributed by atoms with Crippen LogP contribution in [0.25, 0.3) is 0 Å². The maximum Gasteiger partial charge on any atom is 0.351 e. The Morgan fingerprint density at radius 1 is 1.10 bits per heavy atom. The molecular formula is C20H20F2O6S. The zero-order valence-corrected chi connectivity index (χ0v) is 16.5. The minimum atomic E-state index is -3.54. The van der Waals surface area contributed by atoms with Gasteiger partial charge in [0.1, 0.15) is 5.82 Å². The van der Waals surface area contributed by atoms with Crippen molar-refractivity contribution in [2.24, 2.45) is 0 Å². The third-order valence-corrected chi connectivity index (χ3v) is 6.95. The number of esters is 1. The Morgan fingerprint density at radius 3 is 2.34 bits per heavy atom. The Hall–Kier alpha value is -2.52. The first kappa shape index (κ1) is 21.2. The summed E-state index contributed by atoms with van der Waals surface area (Å²) in [5.74, 6) is -2.90. The first-order valence-corrected chi connectivity index (χ1v) is 10.5. The van der Waals surface area contributed by atoms with Crippen molar-refractivity contribution < 1.29 is 36.2 Å². The number of ether oxygens (including phenoxy) is 3. The Labute approximate surface area is 167 Å². The lowest BCUT2D eigenvalue weighted by molar-refractivity contribution is -0.149. The summed E-state index contributed by atoms with van der Waals surface area (Å²) in [6, 6.07) is 8.26. The van der Waals surface area contributed by atoms with Crippen molar-refractivity contribution in [2.45, 2.75) is 29.1 Å². The Balaban J connectivity index is 1.86. The highest BCUT2D eigenvalue weighted by Crippen LogP contribution is 2.29. The van der Waals surface area contributed by atoms with Crippen LogP contribution >= 0.6 is 0 Å². The fourth-order valence-electron chi connectivity index (χ4n) is 3.07. The van der Waals surface area contributed by atoms with Crippen LogP contribution in [0, 0.1) is 11.6 Å². The van der Waals surface area contributed by atoms with E-state index in [1.807, 2.05) is 0 Å². The molecule has 1 aliphatic rings. The van der Waals surface area contributed by atoms with E-state index in [1.54, 1.807) is 0 Å². The van der Waals surface area contributed by atoms with Crippen molar-refractivity contribution in [2.75, 3.05) is 20.3 Å². The Kier molecular flexibility index (Phi) is 6.49. The van der Waals surface area contributed by atoms with Gasteiger partial charge in [0.15, 0.2) is 21.4 Å². The van der Waals surface area contributed by atoms with E-state index in [0.717, 1.165) is 19.2 Å². The van der Waals surface area contributed by atoms with Gasteiger partial charge in [0.25, 0.3) is 0 Å². The van der Waals surface area contributed by atoms with Crippen LogP contribution in [-0.4, -0.2) is 40.0 Å². The standard InChI is InChI=1S/C20H20F2O6S/c1-26-20(23)19(28-18-7-4-14(21)12-17(18)22)13-2-5-15(6-3-13)29(24,25)16-8-10-27-11-9-16/h2-7,12,16,19H,8-11H2,1H3. The van der Waals surface area contributed by atoms with Crippen LogP contribution in [0.4, 0.5) is 8.78 Å². The van der Waals surface area contributed by atoms with Crippen LogP contribution in [0.3, 0.4) is 0 Å². The lowest BCUT2D eigenvalue weighted by Crippen LogP contribution is -2.29. The van der Waals surface area contributed by atoms with Crippen molar-refractivity contribution in [1.82, 2.24) is 0 Å². The lowest BCUT2D eigenvalue weighted by Gasteiger charge is -2.22. The Morgan fingerprint density at radius 2 is 1.76 bits per heavy atom. The van der Waals surface area contributed by atoms with Crippen LogP contribution in [0.15, 0.2) is 47.4 Å². The maximum atomic E-state index is 13.9. The molecule has 1 saturated heterocycles. The van der Waals surface area contributed by atoms with Gasteiger partial charge in [0.05, 0.1) is 17.3 Å². The number of benzene rings is 2. The molecule has 0 N–H and O–H groups in total. The van der Waals surface area contributed by atoms with Gasteiger partial charge in [-0.05, 0) is 37.1 Å². The third-order valence-electron chi connectivity index (χ3n) is 4.67. The normalized spacial score (nSPS) is 16.2. The average molecular weight is 426 g/mol. The van der Waals surface area contributed by atoms with Gasteiger partial charge in [-0.25, -0.2) is 22.0 Å². The van der Waals surface area contributed by atoms with E-state index in [-0.39, 0.29) is 16.2 Å². The second-order valence-electron chi connectivity index (χ2n) is 6.52. The molecule has 0 spiro atoms. The quantitative estimate of drug-likeness (QED) is 0.660. The first-order valence-electron chi connectivity index (χ1n) is 8.94. The van der Waals surface area contributed by atoms with Crippen molar-refractivity contribution >= 4 is 15.8 Å². The van der Waals surface area contributed by atoms with Crippen molar-refractivity contribution in [3.05, 3.63) is 59.7 Å². The highest BCUT2D eigenvalue weighted by Gasteiger charge is 2.30. The van der Waals surface area contributed by atoms with E-state index in [4.69, 9.17) is 14.2 Å². The van der Waals surface area contributed by atoms with Crippen LogP contribution < -0.4 is 4.74 Å². The fraction of sp³-hybridized carbons (Fsp3) is 0.350. The molecule has 1 aliphatic heterocycles. The lowest BCUT2D eigenvalue weighted by atomic mass is 10.1. The number of carbonyl (C=O) groups is 1. The number of sulfone groups is 1. The van der Waals surface area contributed by atoms with Crippen molar-refractivity contribution in [3.63, 3.8) is 0 Å². The van der Waals surface area contributed by atoms with Crippen molar-refractivity contribution in [3.8, 4) is 5.75 Å². The summed E-state index contributed by atoms with van der Waals surface area (Å²) in [7, 11) is -2.40. The largest absolute Gasteiger partial charge is 0.471 e. The minimum absolute atomic E-state index is 0.115. The van der Waals surface area contributed by atoms with Gasteiger partial charge < -0.3 is 14.2 Å². The van der Waals surface area contributed by atoms with Gasteiger partial charge in [-0.1, -0.05) is 12.1 Å². The summed E-state index contributed by atoms with van der Waals surface area (Å²) in [5, 5.41) is -0.525.